The van der Waals surface area contributed by atoms with E-state index >= 15 is 0 Å². The number of nitrogens with zero attached hydrogens (tertiary/aromatic N) is 2. The van der Waals surface area contributed by atoms with E-state index in [9.17, 15) is 9.18 Å². The number of carbonyl (C=O) groups excluding carboxylic acids is 1. The zero-order chi connectivity index (χ0) is 19.4. The van der Waals surface area contributed by atoms with Crippen LogP contribution >= 0.6 is 11.6 Å². The van der Waals surface area contributed by atoms with Gasteiger partial charge in [-0.25, -0.2) is 14.1 Å². The fourth-order valence-corrected chi connectivity index (χ4v) is 3.03. The van der Waals surface area contributed by atoms with Crippen LogP contribution in [0.4, 0.5) is 4.39 Å². The summed E-state index contributed by atoms with van der Waals surface area (Å²) < 4.78 is 20.9. The summed E-state index contributed by atoms with van der Waals surface area (Å²) in [5, 5.41) is 0.475. The third-order valence-electron chi connectivity index (χ3n) is 4.16. The summed E-state index contributed by atoms with van der Waals surface area (Å²) in [5.41, 5.74) is 4.26. The molecule has 0 aliphatic rings. The summed E-state index contributed by atoms with van der Waals surface area (Å²) >= 11 is 6.24. The van der Waals surface area contributed by atoms with E-state index in [2.05, 4.69) is 17.3 Å². The van der Waals surface area contributed by atoms with E-state index < -0.39 is 5.82 Å². The highest BCUT2D eigenvalue weighted by molar-refractivity contribution is 6.32. The van der Waals surface area contributed by atoms with Gasteiger partial charge < -0.3 is 4.74 Å². The molecule has 2 aromatic carbocycles. The zero-order valence-corrected chi connectivity index (χ0v) is 16.0. The van der Waals surface area contributed by atoms with Crippen LogP contribution in [0.1, 0.15) is 31.2 Å². The molecule has 1 N–H and O–H groups in total. The second kappa shape index (κ2) is 8.39. The molecule has 0 fully saturated rings. The summed E-state index contributed by atoms with van der Waals surface area (Å²) in [6.07, 6.45) is 2.13. The van der Waals surface area contributed by atoms with Crippen molar-refractivity contribution in [1.29, 1.82) is 0 Å². The number of unbranched alkanes of at least 4 members (excludes halogenated alkanes) is 1. The number of hydrogen-bond donors (Lipinski definition) is 1. The summed E-state index contributed by atoms with van der Waals surface area (Å²) in [5.74, 6) is 0.439. The largest absolute Gasteiger partial charge is 0.492 e. The Balaban J connectivity index is 1.70. The van der Waals surface area contributed by atoms with Crippen molar-refractivity contribution in [3.05, 3.63) is 58.6 Å². The predicted octanol–water partition coefficient (Wildman–Crippen LogP) is 4.63. The fraction of sp³-hybridized carbons (Fsp3) is 0.300. The van der Waals surface area contributed by atoms with Gasteiger partial charge in [0.2, 0.25) is 5.91 Å². The molecule has 27 heavy (non-hydrogen) atoms. The number of fused-ring (bicyclic) bond motifs is 1. The second-order valence-electron chi connectivity index (χ2n) is 6.28. The van der Waals surface area contributed by atoms with Crippen LogP contribution < -0.4 is 10.2 Å². The molecule has 0 spiro atoms. The van der Waals surface area contributed by atoms with Crippen LogP contribution in [0.5, 0.6) is 5.75 Å². The number of amides is 1. The number of aromatic nitrogens is 2. The Morgan fingerprint density at radius 3 is 2.89 bits per heavy atom. The van der Waals surface area contributed by atoms with Gasteiger partial charge in [0, 0.05) is 0 Å². The van der Waals surface area contributed by atoms with Crippen molar-refractivity contribution in [3.8, 4) is 5.75 Å². The summed E-state index contributed by atoms with van der Waals surface area (Å²) in [7, 11) is 0. The monoisotopic (exact) mass is 389 g/mol. The number of ether oxygens (including phenoxy) is 1. The minimum absolute atomic E-state index is 0.128. The third-order valence-corrected chi connectivity index (χ3v) is 4.45. The third kappa shape index (κ3) is 4.39. The highest BCUT2D eigenvalue weighted by atomic mass is 35.5. The smallest absolute Gasteiger partial charge is 0.243 e. The van der Waals surface area contributed by atoms with Crippen LogP contribution in [0, 0.1) is 12.7 Å². The maximum atomic E-state index is 13.8. The minimum atomic E-state index is -0.422. The standard InChI is InChI=1S/C20H21ClFN3O2/c1-3-4-10-27-18-9-8-14(11-15(18)21)12-19(26)24-25-13(2)23-20-16(22)6-5-7-17(20)25/h5-9,11H,3-4,10,12H2,1-2H3,(H,24,26). The molecule has 0 saturated carbocycles. The van der Waals surface area contributed by atoms with Gasteiger partial charge in [0.1, 0.15) is 17.1 Å². The zero-order valence-electron chi connectivity index (χ0n) is 15.3. The maximum Gasteiger partial charge on any atom is 0.243 e. The van der Waals surface area contributed by atoms with Crippen molar-refractivity contribution < 1.29 is 13.9 Å². The van der Waals surface area contributed by atoms with Crippen molar-refractivity contribution in [2.75, 3.05) is 12.0 Å². The van der Waals surface area contributed by atoms with E-state index in [4.69, 9.17) is 16.3 Å². The Hall–Kier alpha value is -2.60. The Morgan fingerprint density at radius 1 is 1.33 bits per heavy atom. The number of rotatable bonds is 7. The van der Waals surface area contributed by atoms with Crippen LogP contribution in [0.2, 0.25) is 5.02 Å². The SMILES string of the molecule is CCCCOc1ccc(CC(=O)Nn2c(C)nc3c(F)cccc32)cc1Cl. The molecule has 0 aliphatic carbocycles. The lowest BCUT2D eigenvalue weighted by atomic mass is 10.1. The molecule has 1 amide bonds. The molecule has 0 bridgehead atoms. The van der Waals surface area contributed by atoms with Crippen molar-refractivity contribution in [2.45, 2.75) is 33.1 Å². The lowest BCUT2D eigenvalue weighted by Crippen LogP contribution is -2.25. The molecule has 3 rings (SSSR count). The van der Waals surface area contributed by atoms with Crippen molar-refractivity contribution in [3.63, 3.8) is 0 Å². The Bertz CT molecular complexity index is 971. The average Bonchev–Trinajstić information content (AvgIpc) is 2.94. The van der Waals surface area contributed by atoms with Gasteiger partial charge in [0.15, 0.2) is 5.82 Å². The molecule has 0 atom stereocenters. The number of benzene rings is 2. The van der Waals surface area contributed by atoms with Crippen LogP contribution in [-0.2, 0) is 11.2 Å². The van der Waals surface area contributed by atoms with Gasteiger partial charge >= 0.3 is 0 Å². The Labute approximate surface area is 162 Å². The first kappa shape index (κ1) is 19.2. The van der Waals surface area contributed by atoms with Gasteiger partial charge in [0.05, 0.1) is 23.6 Å². The highest BCUT2D eigenvalue weighted by Crippen LogP contribution is 2.26. The van der Waals surface area contributed by atoms with Crippen molar-refractivity contribution >= 4 is 28.5 Å². The maximum absolute atomic E-state index is 13.8. The summed E-state index contributed by atoms with van der Waals surface area (Å²) in [4.78, 5) is 16.6. The number of para-hydroxylation sites is 1. The molecule has 0 unspecified atom stereocenters. The average molecular weight is 390 g/mol. The fourth-order valence-electron chi connectivity index (χ4n) is 2.77. The van der Waals surface area contributed by atoms with E-state index in [1.807, 2.05) is 6.07 Å². The van der Waals surface area contributed by atoms with Crippen LogP contribution in [0.25, 0.3) is 11.0 Å². The molecule has 142 valence electrons. The van der Waals surface area contributed by atoms with Gasteiger partial charge in [-0.15, -0.1) is 0 Å². The predicted molar refractivity (Wildman–Crippen MR) is 104 cm³/mol. The molecule has 0 saturated heterocycles. The van der Waals surface area contributed by atoms with E-state index in [0.717, 1.165) is 18.4 Å². The van der Waals surface area contributed by atoms with Crippen LogP contribution in [-0.4, -0.2) is 22.2 Å². The highest BCUT2D eigenvalue weighted by Gasteiger charge is 2.14. The first-order valence-electron chi connectivity index (χ1n) is 8.84. The molecular weight excluding hydrogens is 369 g/mol. The van der Waals surface area contributed by atoms with Crippen LogP contribution in [0.3, 0.4) is 0 Å². The summed E-state index contributed by atoms with van der Waals surface area (Å²) in [6.45, 7) is 4.41. The number of hydrogen-bond acceptors (Lipinski definition) is 3. The van der Waals surface area contributed by atoms with Gasteiger partial charge in [-0.2, -0.15) is 0 Å². The molecular formula is C20H21ClFN3O2. The van der Waals surface area contributed by atoms with E-state index in [1.165, 1.54) is 10.7 Å². The molecule has 0 aliphatic heterocycles. The lowest BCUT2D eigenvalue weighted by Gasteiger charge is -2.11. The van der Waals surface area contributed by atoms with Gasteiger partial charge in [-0.05, 0) is 43.2 Å². The van der Waals surface area contributed by atoms with Gasteiger partial charge in [-0.3, -0.25) is 10.2 Å². The number of imidazole rings is 1. The van der Waals surface area contributed by atoms with Crippen molar-refractivity contribution in [1.82, 2.24) is 9.66 Å². The molecule has 1 aromatic heterocycles. The topological polar surface area (TPSA) is 56.1 Å². The van der Waals surface area contributed by atoms with Gasteiger partial charge in [-0.1, -0.05) is 37.1 Å². The van der Waals surface area contributed by atoms with E-state index in [0.29, 0.717) is 28.7 Å². The molecule has 0 radical (unpaired) electrons. The number of nitrogens with one attached hydrogen (secondary N) is 1. The van der Waals surface area contributed by atoms with Crippen molar-refractivity contribution in [2.24, 2.45) is 0 Å². The Morgan fingerprint density at radius 2 is 2.15 bits per heavy atom. The number of aryl methyl sites for hydroxylation is 1. The first-order chi connectivity index (χ1) is 13.0. The Kier molecular flexibility index (Phi) is 5.96. The first-order valence-corrected chi connectivity index (χ1v) is 9.22. The molecule has 5 nitrogen and oxygen atoms in total. The molecule has 1 heterocycles. The minimum Gasteiger partial charge on any atom is -0.492 e. The quantitative estimate of drug-likeness (QED) is 0.599. The van der Waals surface area contributed by atoms with E-state index in [-0.39, 0.29) is 17.8 Å². The molecule has 7 heteroatoms. The lowest BCUT2D eigenvalue weighted by molar-refractivity contribution is -0.116. The molecule has 3 aromatic rings. The summed E-state index contributed by atoms with van der Waals surface area (Å²) in [6, 6.07) is 9.93. The van der Waals surface area contributed by atoms with Gasteiger partial charge in [0.25, 0.3) is 0 Å². The second-order valence-corrected chi connectivity index (χ2v) is 6.69. The van der Waals surface area contributed by atoms with Crippen LogP contribution in [0.15, 0.2) is 36.4 Å². The number of halogens is 2. The van der Waals surface area contributed by atoms with E-state index in [1.54, 1.807) is 31.2 Å². The number of carbonyl (C=O) groups is 1. The normalized spacial score (nSPS) is 11.0.